The molecule has 2 atom stereocenters. The van der Waals surface area contributed by atoms with Gasteiger partial charge in [0.1, 0.15) is 0 Å². The van der Waals surface area contributed by atoms with Crippen molar-refractivity contribution in [3.05, 3.63) is 17.5 Å². The molecule has 2 aliphatic rings. The Balaban J connectivity index is 1.74. The summed E-state index contributed by atoms with van der Waals surface area (Å²) < 4.78 is 0. The van der Waals surface area contributed by atoms with Gasteiger partial charge in [-0.1, -0.05) is 13.8 Å². The Bertz CT molecular complexity index is 419. The molecule has 2 fully saturated rings. The number of aryl methyl sites for hydroxylation is 1. The third-order valence-electron chi connectivity index (χ3n) is 3.85. The van der Waals surface area contributed by atoms with Gasteiger partial charge in [0.25, 0.3) is 0 Å². The van der Waals surface area contributed by atoms with Crippen molar-refractivity contribution in [2.75, 3.05) is 18.4 Å². The number of hydrogen-bond donors (Lipinski definition) is 2. The molecule has 4 nitrogen and oxygen atoms in total. The van der Waals surface area contributed by atoms with E-state index in [-0.39, 0.29) is 0 Å². The second-order valence-corrected chi connectivity index (χ2v) is 5.57. The molecular formula is C13H20N4. The highest BCUT2D eigenvalue weighted by Gasteiger charge is 2.53. The third kappa shape index (κ3) is 2.02. The number of aromatic nitrogens is 2. The van der Waals surface area contributed by atoms with Crippen molar-refractivity contribution in [3.63, 3.8) is 0 Å². The van der Waals surface area contributed by atoms with Crippen molar-refractivity contribution in [2.24, 2.45) is 11.8 Å². The zero-order valence-corrected chi connectivity index (χ0v) is 10.7. The maximum absolute atomic E-state index is 4.60. The minimum absolute atomic E-state index is 0.456. The van der Waals surface area contributed by atoms with Crippen molar-refractivity contribution in [2.45, 2.75) is 32.7 Å². The van der Waals surface area contributed by atoms with Gasteiger partial charge in [-0.05, 0) is 30.7 Å². The number of anilines is 1. The smallest absolute Gasteiger partial charge is 0.223 e. The summed E-state index contributed by atoms with van der Waals surface area (Å²) in [6.07, 6.45) is 0. The fraction of sp³-hybridized carbons (Fsp3) is 0.692. The second kappa shape index (κ2) is 3.95. The first-order chi connectivity index (χ1) is 8.15. The number of nitrogens with zero attached hydrogens (tertiary/aromatic N) is 2. The largest absolute Gasteiger partial charge is 0.351 e. The van der Waals surface area contributed by atoms with Crippen LogP contribution in [0.4, 0.5) is 5.95 Å². The van der Waals surface area contributed by atoms with Crippen molar-refractivity contribution in [1.29, 1.82) is 0 Å². The quantitative estimate of drug-likeness (QED) is 0.830. The van der Waals surface area contributed by atoms with Gasteiger partial charge in [-0.2, -0.15) is 0 Å². The van der Waals surface area contributed by atoms with Gasteiger partial charge in [-0.15, -0.1) is 0 Å². The van der Waals surface area contributed by atoms with Crippen LogP contribution in [-0.2, 0) is 0 Å². The van der Waals surface area contributed by atoms with Gasteiger partial charge >= 0.3 is 0 Å². The number of nitrogens with one attached hydrogen (secondary N) is 2. The van der Waals surface area contributed by atoms with Crippen LogP contribution >= 0.6 is 0 Å². The Labute approximate surface area is 102 Å². The molecule has 1 aliphatic heterocycles. The summed E-state index contributed by atoms with van der Waals surface area (Å²) in [7, 11) is 0. The third-order valence-corrected chi connectivity index (χ3v) is 3.85. The van der Waals surface area contributed by atoms with Crippen molar-refractivity contribution >= 4 is 5.95 Å². The standard InChI is InChI=1S/C13H20N4/c1-7(2)11-4-8(3)15-13(16-11)17-12-9-5-14-6-10(9)12/h4,7,9-10,12,14H,5-6H2,1-3H3,(H,15,16,17). The van der Waals surface area contributed by atoms with Gasteiger partial charge in [0.15, 0.2) is 0 Å². The van der Waals surface area contributed by atoms with Gasteiger partial charge in [0.05, 0.1) is 0 Å². The molecule has 2 unspecified atom stereocenters. The second-order valence-electron chi connectivity index (χ2n) is 5.57. The molecule has 4 heteroatoms. The molecule has 1 saturated carbocycles. The lowest BCUT2D eigenvalue weighted by atomic mass is 10.1. The van der Waals surface area contributed by atoms with Gasteiger partial charge in [0, 0.05) is 30.5 Å². The normalized spacial score (nSPS) is 30.5. The average molecular weight is 232 g/mol. The first-order valence-corrected chi connectivity index (χ1v) is 6.48. The van der Waals surface area contributed by atoms with E-state index in [4.69, 9.17) is 0 Å². The van der Waals surface area contributed by atoms with Crippen molar-refractivity contribution in [3.8, 4) is 0 Å². The van der Waals surface area contributed by atoms with E-state index >= 15 is 0 Å². The van der Waals surface area contributed by atoms with Crippen LogP contribution in [0.25, 0.3) is 0 Å². The summed E-state index contributed by atoms with van der Waals surface area (Å²) in [5, 5.41) is 6.89. The number of hydrogen-bond acceptors (Lipinski definition) is 4. The molecule has 17 heavy (non-hydrogen) atoms. The van der Waals surface area contributed by atoms with E-state index in [0.29, 0.717) is 12.0 Å². The van der Waals surface area contributed by atoms with Crippen LogP contribution in [0.1, 0.15) is 31.2 Å². The summed E-state index contributed by atoms with van der Waals surface area (Å²) in [5.41, 5.74) is 2.18. The van der Waals surface area contributed by atoms with Crippen LogP contribution in [-0.4, -0.2) is 29.1 Å². The summed E-state index contributed by atoms with van der Waals surface area (Å²) in [6.45, 7) is 8.66. The highest BCUT2D eigenvalue weighted by Crippen LogP contribution is 2.43. The topological polar surface area (TPSA) is 49.8 Å². The maximum atomic E-state index is 4.60. The average Bonchev–Trinajstić information content (AvgIpc) is 2.74. The minimum atomic E-state index is 0.456. The van der Waals surface area contributed by atoms with Crippen LogP contribution in [0.15, 0.2) is 6.07 Å². The van der Waals surface area contributed by atoms with Gasteiger partial charge < -0.3 is 10.6 Å². The van der Waals surface area contributed by atoms with E-state index in [1.165, 1.54) is 0 Å². The first kappa shape index (κ1) is 11.0. The van der Waals surface area contributed by atoms with E-state index < -0.39 is 0 Å². The molecule has 1 aliphatic carbocycles. The van der Waals surface area contributed by atoms with E-state index in [1.54, 1.807) is 0 Å². The van der Waals surface area contributed by atoms with Gasteiger partial charge in [-0.3, -0.25) is 0 Å². The molecule has 0 amide bonds. The Morgan fingerprint density at radius 2 is 2.00 bits per heavy atom. The Morgan fingerprint density at radius 3 is 2.65 bits per heavy atom. The summed E-state index contributed by atoms with van der Waals surface area (Å²) in [6, 6.07) is 2.67. The molecule has 2 heterocycles. The first-order valence-electron chi connectivity index (χ1n) is 6.48. The van der Waals surface area contributed by atoms with E-state index in [1.807, 2.05) is 6.92 Å². The molecule has 2 N–H and O–H groups in total. The molecule has 0 radical (unpaired) electrons. The highest BCUT2D eigenvalue weighted by atomic mass is 15.2. The molecule has 1 aromatic rings. The lowest BCUT2D eigenvalue weighted by molar-refractivity contribution is 0.691. The summed E-state index contributed by atoms with van der Waals surface area (Å²) in [4.78, 5) is 9.08. The molecule has 1 saturated heterocycles. The van der Waals surface area contributed by atoms with Gasteiger partial charge in [0.2, 0.25) is 5.95 Å². The Kier molecular flexibility index (Phi) is 2.54. The summed E-state index contributed by atoms with van der Waals surface area (Å²) in [5.74, 6) is 2.86. The van der Waals surface area contributed by atoms with Crippen molar-refractivity contribution < 1.29 is 0 Å². The number of piperidine rings is 1. The zero-order chi connectivity index (χ0) is 12.0. The van der Waals surface area contributed by atoms with E-state index in [2.05, 4.69) is 40.5 Å². The molecule has 1 aromatic heterocycles. The molecule has 0 spiro atoms. The fourth-order valence-corrected chi connectivity index (χ4v) is 2.73. The van der Waals surface area contributed by atoms with Crippen LogP contribution in [0.2, 0.25) is 0 Å². The molecule has 92 valence electrons. The molecule has 0 bridgehead atoms. The predicted octanol–water partition coefficient (Wildman–Crippen LogP) is 1.54. The zero-order valence-electron chi connectivity index (χ0n) is 10.7. The van der Waals surface area contributed by atoms with Crippen molar-refractivity contribution in [1.82, 2.24) is 15.3 Å². The number of fused-ring (bicyclic) bond motifs is 1. The monoisotopic (exact) mass is 232 g/mol. The minimum Gasteiger partial charge on any atom is -0.351 e. The molecule has 0 aromatic carbocycles. The fourth-order valence-electron chi connectivity index (χ4n) is 2.73. The van der Waals surface area contributed by atoms with Gasteiger partial charge in [-0.25, -0.2) is 9.97 Å². The number of rotatable bonds is 3. The predicted molar refractivity (Wildman–Crippen MR) is 68.1 cm³/mol. The van der Waals surface area contributed by atoms with Crippen LogP contribution in [0.5, 0.6) is 0 Å². The highest BCUT2D eigenvalue weighted by molar-refractivity contribution is 5.35. The molecule has 3 rings (SSSR count). The SMILES string of the molecule is Cc1cc(C(C)C)nc(NC2C3CNCC32)n1. The summed E-state index contributed by atoms with van der Waals surface area (Å²) >= 11 is 0. The van der Waals surface area contributed by atoms with Crippen LogP contribution in [0, 0.1) is 18.8 Å². The Morgan fingerprint density at radius 1 is 1.29 bits per heavy atom. The van der Waals surface area contributed by atoms with E-state index in [9.17, 15) is 0 Å². The lowest BCUT2D eigenvalue weighted by Crippen LogP contribution is -2.22. The van der Waals surface area contributed by atoms with Crippen LogP contribution in [0.3, 0.4) is 0 Å². The Hall–Kier alpha value is -1.16. The lowest BCUT2D eigenvalue weighted by Gasteiger charge is -2.11. The van der Waals surface area contributed by atoms with E-state index in [0.717, 1.165) is 42.3 Å². The molecular weight excluding hydrogens is 212 g/mol. The van der Waals surface area contributed by atoms with Crippen LogP contribution < -0.4 is 10.6 Å². The maximum Gasteiger partial charge on any atom is 0.223 e.